The number of rotatable bonds is 7. The first kappa shape index (κ1) is 21.4. The van der Waals surface area contributed by atoms with Crippen LogP contribution in [0.5, 0.6) is 0 Å². The largest absolute Gasteiger partial charge is 0.461 e. The van der Waals surface area contributed by atoms with Gasteiger partial charge < -0.3 is 14.2 Å². The van der Waals surface area contributed by atoms with E-state index in [-0.39, 0.29) is 24.8 Å². The van der Waals surface area contributed by atoms with Crippen LogP contribution in [-0.4, -0.2) is 47.9 Å². The first-order chi connectivity index (χ1) is 13.9. The number of nitrogens with zero attached hydrogens (tertiary/aromatic N) is 2. The van der Waals surface area contributed by atoms with E-state index in [1.807, 2.05) is 0 Å². The number of methoxy groups -OCH3 is 1. The van der Waals surface area contributed by atoms with Crippen LogP contribution in [0.4, 0.5) is 0 Å². The summed E-state index contributed by atoms with van der Waals surface area (Å²) in [5.74, 6) is -0.420. The van der Waals surface area contributed by atoms with Crippen LogP contribution < -0.4 is 5.56 Å². The monoisotopic (exact) mass is 422 g/mol. The maximum Gasteiger partial charge on any atom is 0.348 e. The number of ether oxygens (including phenoxy) is 3. The zero-order valence-corrected chi connectivity index (χ0v) is 17.8. The number of aryl methyl sites for hydroxylation is 1. The van der Waals surface area contributed by atoms with Crippen molar-refractivity contribution in [3.05, 3.63) is 27.1 Å². The highest BCUT2D eigenvalue weighted by atomic mass is 32.1. The molecule has 0 amide bonds. The van der Waals surface area contributed by atoms with E-state index in [2.05, 4.69) is 11.9 Å². The average molecular weight is 423 g/mol. The second kappa shape index (κ2) is 9.49. The molecule has 0 saturated heterocycles. The van der Waals surface area contributed by atoms with E-state index >= 15 is 0 Å². The van der Waals surface area contributed by atoms with Gasteiger partial charge in [-0.05, 0) is 37.7 Å². The molecular formula is C20H26N2O6S. The molecule has 2 aromatic heterocycles. The number of carbonyl (C=O) groups excluding carboxylic acids is 2. The first-order valence-corrected chi connectivity index (χ1v) is 10.6. The van der Waals surface area contributed by atoms with Crippen molar-refractivity contribution in [1.82, 2.24) is 9.55 Å². The maximum atomic E-state index is 12.9. The van der Waals surface area contributed by atoms with E-state index in [1.54, 1.807) is 6.92 Å². The Kier molecular flexibility index (Phi) is 7.02. The van der Waals surface area contributed by atoms with E-state index in [9.17, 15) is 14.4 Å². The Balaban J connectivity index is 1.75. The third-order valence-corrected chi connectivity index (χ3v) is 6.29. The van der Waals surface area contributed by atoms with Gasteiger partial charge in [0.25, 0.3) is 5.56 Å². The molecule has 3 rings (SSSR count). The third kappa shape index (κ3) is 5.02. The Morgan fingerprint density at radius 2 is 2.10 bits per heavy atom. The zero-order chi connectivity index (χ0) is 21.0. The minimum absolute atomic E-state index is 0.0880. The lowest BCUT2D eigenvalue weighted by Crippen LogP contribution is -2.30. The van der Waals surface area contributed by atoms with Gasteiger partial charge >= 0.3 is 11.9 Å². The fourth-order valence-electron chi connectivity index (χ4n) is 3.60. The molecule has 0 aliphatic heterocycles. The van der Waals surface area contributed by atoms with Crippen molar-refractivity contribution in [2.24, 2.45) is 5.92 Å². The fourth-order valence-corrected chi connectivity index (χ4v) is 4.63. The first-order valence-electron chi connectivity index (χ1n) is 9.74. The molecule has 0 aromatic carbocycles. The molecule has 1 fully saturated rings. The molecule has 8 nitrogen and oxygen atoms in total. The standard InChI is InChI=1S/C20H26N2O6S/c1-12-5-4-6-14(9-12)28-15(23)10-22-11-21-18-16(19(22)24)13(2)17(29-18)20(25)27-8-7-26-3/h11-12,14H,4-10H2,1-3H3/t12-,14-/m0/s1. The quantitative estimate of drug-likeness (QED) is 0.500. The summed E-state index contributed by atoms with van der Waals surface area (Å²) in [5.41, 5.74) is 0.141. The third-order valence-electron chi connectivity index (χ3n) is 5.11. The molecule has 0 spiro atoms. The normalized spacial score (nSPS) is 19.3. The molecule has 2 atom stereocenters. The SMILES string of the molecule is COCCOC(=O)c1sc2ncn(CC(=O)O[C@H]3CCC[C@H](C)C3)c(=O)c2c1C. The summed E-state index contributed by atoms with van der Waals surface area (Å²) in [4.78, 5) is 42.5. The molecule has 0 radical (unpaired) electrons. The topological polar surface area (TPSA) is 96.7 Å². The van der Waals surface area contributed by atoms with E-state index in [0.717, 1.165) is 37.0 Å². The molecule has 1 aliphatic rings. The van der Waals surface area contributed by atoms with Gasteiger partial charge in [-0.3, -0.25) is 14.2 Å². The van der Waals surface area contributed by atoms with Gasteiger partial charge in [-0.15, -0.1) is 11.3 Å². The van der Waals surface area contributed by atoms with Gasteiger partial charge in [0.15, 0.2) is 0 Å². The van der Waals surface area contributed by atoms with Gasteiger partial charge in [0.1, 0.15) is 29.0 Å². The molecule has 2 heterocycles. The van der Waals surface area contributed by atoms with Crippen molar-refractivity contribution in [2.75, 3.05) is 20.3 Å². The van der Waals surface area contributed by atoms with Crippen molar-refractivity contribution in [1.29, 1.82) is 0 Å². The van der Waals surface area contributed by atoms with Crippen LogP contribution in [0.3, 0.4) is 0 Å². The number of fused-ring (bicyclic) bond motifs is 1. The second-order valence-corrected chi connectivity index (χ2v) is 8.43. The molecule has 1 aliphatic carbocycles. The molecule has 9 heteroatoms. The molecular weight excluding hydrogens is 396 g/mol. The van der Waals surface area contributed by atoms with Crippen molar-refractivity contribution >= 4 is 33.5 Å². The minimum Gasteiger partial charge on any atom is -0.461 e. The van der Waals surface area contributed by atoms with E-state index in [0.29, 0.717) is 33.2 Å². The summed E-state index contributed by atoms with van der Waals surface area (Å²) in [6.45, 7) is 4.06. The molecule has 0 N–H and O–H groups in total. The van der Waals surface area contributed by atoms with Crippen LogP contribution in [0.2, 0.25) is 0 Å². The molecule has 29 heavy (non-hydrogen) atoms. The summed E-state index contributed by atoms with van der Waals surface area (Å²) < 4.78 is 16.8. The van der Waals surface area contributed by atoms with Crippen LogP contribution in [0.25, 0.3) is 10.2 Å². The second-order valence-electron chi connectivity index (χ2n) is 7.43. The van der Waals surface area contributed by atoms with Crippen LogP contribution in [0.1, 0.15) is 47.8 Å². The Hall–Kier alpha value is -2.26. The highest BCUT2D eigenvalue weighted by Crippen LogP contribution is 2.28. The van der Waals surface area contributed by atoms with E-state index in [4.69, 9.17) is 14.2 Å². The van der Waals surface area contributed by atoms with Gasteiger partial charge in [-0.25, -0.2) is 9.78 Å². The highest BCUT2D eigenvalue weighted by molar-refractivity contribution is 7.20. The predicted molar refractivity (Wildman–Crippen MR) is 108 cm³/mol. The summed E-state index contributed by atoms with van der Waals surface area (Å²) in [6, 6.07) is 0. The number of carbonyl (C=O) groups is 2. The number of hydrogen-bond acceptors (Lipinski definition) is 8. The molecule has 1 saturated carbocycles. The van der Waals surface area contributed by atoms with Crippen LogP contribution >= 0.6 is 11.3 Å². The van der Waals surface area contributed by atoms with Gasteiger partial charge in [0, 0.05) is 7.11 Å². The fraction of sp³-hybridized carbons (Fsp3) is 0.600. The number of aromatic nitrogens is 2. The summed E-state index contributed by atoms with van der Waals surface area (Å²) in [7, 11) is 1.52. The Morgan fingerprint density at radius 3 is 2.83 bits per heavy atom. The molecule has 0 unspecified atom stereocenters. The number of hydrogen-bond donors (Lipinski definition) is 0. The lowest BCUT2D eigenvalue weighted by molar-refractivity contribution is -0.152. The highest BCUT2D eigenvalue weighted by Gasteiger charge is 2.24. The van der Waals surface area contributed by atoms with Gasteiger partial charge in [0.2, 0.25) is 0 Å². The summed E-state index contributed by atoms with van der Waals surface area (Å²) >= 11 is 1.10. The molecule has 2 aromatic rings. The lowest BCUT2D eigenvalue weighted by atomic mass is 9.89. The summed E-state index contributed by atoms with van der Waals surface area (Å²) in [6.07, 6.45) is 5.16. The smallest absolute Gasteiger partial charge is 0.348 e. The zero-order valence-electron chi connectivity index (χ0n) is 16.9. The van der Waals surface area contributed by atoms with Crippen LogP contribution in [0, 0.1) is 12.8 Å². The Bertz CT molecular complexity index is 950. The lowest BCUT2D eigenvalue weighted by Gasteiger charge is -2.26. The van der Waals surface area contributed by atoms with Crippen molar-refractivity contribution < 1.29 is 23.8 Å². The number of thiophene rings is 1. The average Bonchev–Trinajstić information content (AvgIpc) is 3.01. The van der Waals surface area contributed by atoms with Crippen LogP contribution in [0.15, 0.2) is 11.1 Å². The van der Waals surface area contributed by atoms with Crippen molar-refractivity contribution in [3.63, 3.8) is 0 Å². The van der Waals surface area contributed by atoms with Crippen molar-refractivity contribution in [3.8, 4) is 0 Å². The molecule has 0 bridgehead atoms. The Labute approximate surface area is 172 Å². The predicted octanol–water partition coefficient (Wildman–Crippen LogP) is 2.69. The van der Waals surface area contributed by atoms with Gasteiger partial charge in [0.05, 0.1) is 18.3 Å². The van der Waals surface area contributed by atoms with Gasteiger partial charge in [-0.2, -0.15) is 0 Å². The summed E-state index contributed by atoms with van der Waals surface area (Å²) in [5, 5.41) is 0.329. The Morgan fingerprint density at radius 1 is 1.31 bits per heavy atom. The van der Waals surface area contributed by atoms with Crippen LogP contribution in [-0.2, 0) is 25.5 Å². The van der Waals surface area contributed by atoms with Gasteiger partial charge in [-0.1, -0.05) is 13.3 Å². The molecule has 158 valence electrons. The number of esters is 2. The van der Waals surface area contributed by atoms with E-state index in [1.165, 1.54) is 18.0 Å². The minimum atomic E-state index is -0.515. The van der Waals surface area contributed by atoms with Crippen molar-refractivity contribution in [2.45, 2.75) is 52.2 Å². The van der Waals surface area contributed by atoms with E-state index < -0.39 is 11.9 Å². The maximum absolute atomic E-state index is 12.9.